The molecule has 0 saturated carbocycles. The number of carbonyl (C=O) groups is 2. The Hall–Kier alpha value is -2.37. The topological polar surface area (TPSA) is 89.9 Å². The largest absolute Gasteiger partial charge is 0.475 e. The summed E-state index contributed by atoms with van der Waals surface area (Å²) in [6.45, 7) is -0.544. The lowest BCUT2D eigenvalue weighted by molar-refractivity contribution is -0.138. The third kappa shape index (κ3) is 5.81. The van der Waals surface area contributed by atoms with Crippen LogP contribution in [0.1, 0.15) is 21.5 Å². The van der Waals surface area contributed by atoms with Crippen LogP contribution in [0.5, 0.6) is 0 Å². The molecular weight excluding hydrogens is 396 g/mol. The number of rotatable bonds is 7. The third-order valence-corrected chi connectivity index (χ3v) is 4.66. The molecule has 0 spiro atoms. The molecule has 0 saturated heterocycles. The second-order valence-electron chi connectivity index (χ2n) is 6.13. The molecule has 1 unspecified atom stereocenters. The van der Waals surface area contributed by atoms with Crippen LogP contribution in [-0.4, -0.2) is 53.4 Å². The second-order valence-corrected chi connectivity index (χ2v) is 6.91. The molecule has 1 heterocycles. The molecule has 0 bridgehead atoms. The maximum atomic E-state index is 13.1. The molecule has 0 radical (unpaired) electrons. The summed E-state index contributed by atoms with van der Waals surface area (Å²) in [7, 11) is -0.644. The lowest BCUT2D eigenvalue weighted by Crippen LogP contribution is -2.50. The lowest BCUT2D eigenvalue weighted by atomic mass is 9.76. The first-order valence-corrected chi connectivity index (χ1v) is 9.12. The molecule has 2 rings (SSSR count). The molecule has 0 fully saturated rings. The molecule has 1 aromatic carbocycles. The van der Waals surface area contributed by atoms with Crippen LogP contribution >= 0.6 is 11.3 Å². The number of hydrogen-bond acceptors (Lipinski definition) is 5. The van der Waals surface area contributed by atoms with Gasteiger partial charge in [0, 0.05) is 7.05 Å². The zero-order valence-electron chi connectivity index (χ0n) is 14.8. The van der Waals surface area contributed by atoms with Crippen LogP contribution in [-0.2, 0) is 17.4 Å². The van der Waals surface area contributed by atoms with Crippen molar-refractivity contribution in [2.75, 3.05) is 13.6 Å². The van der Waals surface area contributed by atoms with Crippen molar-refractivity contribution in [3.05, 3.63) is 57.8 Å². The van der Waals surface area contributed by atoms with Crippen LogP contribution in [0.25, 0.3) is 0 Å². The van der Waals surface area contributed by atoms with E-state index in [1.54, 1.807) is 16.8 Å². The Kier molecular flexibility index (Phi) is 7.22. The zero-order chi connectivity index (χ0) is 20.9. The predicted molar refractivity (Wildman–Crippen MR) is 98.5 cm³/mol. The van der Waals surface area contributed by atoms with E-state index in [1.807, 2.05) is 0 Å². The normalized spacial score (nSPS) is 12.4. The van der Waals surface area contributed by atoms with Crippen molar-refractivity contribution < 1.29 is 32.8 Å². The fraction of sp³-hybridized carbons (Fsp3) is 0.294. The number of nitrogens with zero attached hydrogens (tertiary/aromatic N) is 1. The van der Waals surface area contributed by atoms with Gasteiger partial charge in [0.25, 0.3) is 5.91 Å². The maximum Gasteiger partial charge on any atom is 0.475 e. The van der Waals surface area contributed by atoms with Gasteiger partial charge in [-0.15, -0.1) is 0 Å². The van der Waals surface area contributed by atoms with Crippen molar-refractivity contribution >= 4 is 30.3 Å². The van der Waals surface area contributed by atoms with E-state index < -0.39 is 48.7 Å². The van der Waals surface area contributed by atoms with E-state index in [0.717, 1.165) is 22.6 Å². The standard InChI is InChI=1S/C17H18BF3N2O4S/c1-23(16(25)12-4-2-3-5-13(12)17(19,20)21)9-15(24)22-14(18(26)27)8-11-6-7-28-10-11/h2-7,10,14,26-27H,8-9H2,1H3,(H,22,24). The fourth-order valence-corrected chi connectivity index (χ4v) is 3.24. The van der Waals surface area contributed by atoms with Gasteiger partial charge in [-0.3, -0.25) is 9.59 Å². The smallest absolute Gasteiger partial charge is 0.426 e. The Labute approximate surface area is 163 Å². The molecule has 2 aromatic rings. The van der Waals surface area contributed by atoms with E-state index in [1.165, 1.54) is 30.5 Å². The number of nitrogens with one attached hydrogen (secondary N) is 1. The summed E-state index contributed by atoms with van der Waals surface area (Å²) in [5, 5.41) is 24.9. The van der Waals surface area contributed by atoms with Crippen molar-refractivity contribution in [3.63, 3.8) is 0 Å². The number of hydrogen-bond donors (Lipinski definition) is 3. The maximum absolute atomic E-state index is 13.1. The number of halogens is 3. The molecule has 0 aliphatic rings. The summed E-state index contributed by atoms with van der Waals surface area (Å²) in [6.07, 6.45) is -4.55. The van der Waals surface area contributed by atoms with Gasteiger partial charge >= 0.3 is 13.3 Å². The minimum absolute atomic E-state index is 0.154. The van der Waals surface area contributed by atoms with Crippen LogP contribution < -0.4 is 5.32 Å². The summed E-state index contributed by atoms with van der Waals surface area (Å²) in [5.41, 5.74) is -0.873. The van der Waals surface area contributed by atoms with Crippen molar-refractivity contribution in [2.24, 2.45) is 0 Å². The molecule has 3 N–H and O–H groups in total. The van der Waals surface area contributed by atoms with Gasteiger partial charge in [-0.2, -0.15) is 24.5 Å². The first-order chi connectivity index (χ1) is 13.1. The average molecular weight is 414 g/mol. The first-order valence-electron chi connectivity index (χ1n) is 8.18. The average Bonchev–Trinajstić information content (AvgIpc) is 3.12. The van der Waals surface area contributed by atoms with Crippen LogP contribution in [0, 0.1) is 0 Å². The number of likely N-dealkylation sites (N-methyl/N-ethyl adjacent to an activating group) is 1. The van der Waals surface area contributed by atoms with Gasteiger partial charge in [0.1, 0.15) is 0 Å². The van der Waals surface area contributed by atoms with Crippen LogP contribution in [0.3, 0.4) is 0 Å². The predicted octanol–water partition coefficient (Wildman–Crippen LogP) is 1.58. The van der Waals surface area contributed by atoms with Crippen molar-refractivity contribution in [1.29, 1.82) is 0 Å². The first kappa shape index (κ1) is 21.9. The zero-order valence-corrected chi connectivity index (χ0v) is 15.6. The summed E-state index contributed by atoms with van der Waals surface area (Å²) >= 11 is 1.41. The van der Waals surface area contributed by atoms with E-state index in [0.29, 0.717) is 0 Å². The molecule has 28 heavy (non-hydrogen) atoms. The van der Waals surface area contributed by atoms with Crippen LogP contribution in [0.15, 0.2) is 41.1 Å². The monoisotopic (exact) mass is 414 g/mol. The minimum Gasteiger partial charge on any atom is -0.426 e. The summed E-state index contributed by atoms with van der Waals surface area (Å²) in [5.74, 6) is -2.72. The van der Waals surface area contributed by atoms with E-state index in [9.17, 15) is 32.8 Å². The van der Waals surface area contributed by atoms with Gasteiger partial charge in [0.15, 0.2) is 0 Å². The van der Waals surface area contributed by atoms with E-state index in [2.05, 4.69) is 5.32 Å². The third-order valence-electron chi connectivity index (χ3n) is 3.93. The molecule has 6 nitrogen and oxygen atoms in total. The van der Waals surface area contributed by atoms with E-state index in [4.69, 9.17) is 0 Å². The highest BCUT2D eigenvalue weighted by Gasteiger charge is 2.36. The molecule has 2 amide bonds. The van der Waals surface area contributed by atoms with Crippen molar-refractivity contribution in [2.45, 2.75) is 18.5 Å². The molecular formula is C17H18BF3N2O4S. The Morgan fingerprint density at radius 3 is 2.50 bits per heavy atom. The van der Waals surface area contributed by atoms with Gasteiger partial charge in [0.05, 0.1) is 23.6 Å². The number of amides is 2. The molecule has 11 heteroatoms. The quantitative estimate of drug-likeness (QED) is 0.601. The number of alkyl halides is 3. The highest BCUT2D eigenvalue weighted by Crippen LogP contribution is 2.32. The van der Waals surface area contributed by atoms with Gasteiger partial charge in [-0.25, -0.2) is 0 Å². The number of carbonyl (C=O) groups excluding carboxylic acids is 2. The van der Waals surface area contributed by atoms with Crippen LogP contribution in [0.4, 0.5) is 13.2 Å². The van der Waals surface area contributed by atoms with Gasteiger partial charge < -0.3 is 20.3 Å². The lowest BCUT2D eigenvalue weighted by Gasteiger charge is -2.22. The van der Waals surface area contributed by atoms with E-state index in [-0.39, 0.29) is 6.42 Å². The minimum atomic E-state index is -4.71. The Bertz CT molecular complexity index is 815. The Balaban J connectivity index is 2.04. The molecule has 0 aliphatic carbocycles. The number of benzene rings is 1. The highest BCUT2D eigenvalue weighted by molar-refractivity contribution is 7.07. The summed E-state index contributed by atoms with van der Waals surface area (Å²) < 4.78 is 39.2. The summed E-state index contributed by atoms with van der Waals surface area (Å²) in [6, 6.07) is 6.06. The molecule has 1 atom stereocenters. The molecule has 1 aromatic heterocycles. The molecule has 150 valence electrons. The van der Waals surface area contributed by atoms with Gasteiger partial charge in [-0.1, -0.05) is 12.1 Å². The molecule has 0 aliphatic heterocycles. The SMILES string of the molecule is CN(CC(=O)NC(Cc1ccsc1)B(O)O)C(=O)c1ccccc1C(F)(F)F. The summed E-state index contributed by atoms with van der Waals surface area (Å²) in [4.78, 5) is 25.4. The number of thiophene rings is 1. The van der Waals surface area contributed by atoms with Crippen LogP contribution in [0.2, 0.25) is 0 Å². The second kappa shape index (κ2) is 9.22. The van der Waals surface area contributed by atoms with Gasteiger partial charge in [-0.05, 0) is 40.9 Å². The highest BCUT2D eigenvalue weighted by atomic mass is 32.1. The Morgan fingerprint density at radius 2 is 1.93 bits per heavy atom. The van der Waals surface area contributed by atoms with E-state index >= 15 is 0 Å². The van der Waals surface area contributed by atoms with Crippen molar-refractivity contribution in [1.82, 2.24) is 10.2 Å². The fourth-order valence-electron chi connectivity index (χ4n) is 2.56. The van der Waals surface area contributed by atoms with Gasteiger partial charge in [0.2, 0.25) is 5.91 Å². The van der Waals surface area contributed by atoms with Crippen molar-refractivity contribution in [3.8, 4) is 0 Å². The Morgan fingerprint density at radius 1 is 1.25 bits per heavy atom.